The molecule has 0 saturated carbocycles. The van der Waals surface area contributed by atoms with Crippen molar-refractivity contribution >= 4 is 39.2 Å². The maximum atomic E-state index is 11.9. The second-order valence-electron chi connectivity index (χ2n) is 4.67. The Labute approximate surface area is 128 Å². The molecular weight excluding hydrogens is 325 g/mol. The van der Waals surface area contributed by atoms with E-state index in [1.54, 1.807) is 6.92 Å². The summed E-state index contributed by atoms with van der Waals surface area (Å²) >= 11 is 11.6. The molecule has 0 heterocycles. The van der Waals surface area contributed by atoms with E-state index >= 15 is 0 Å². The van der Waals surface area contributed by atoms with Crippen molar-refractivity contribution in [3.63, 3.8) is 0 Å². The minimum absolute atomic E-state index is 0.0177. The lowest BCUT2D eigenvalue weighted by molar-refractivity contribution is 0.0238. The molecule has 5 nitrogen and oxygen atoms in total. The lowest BCUT2D eigenvalue weighted by Crippen LogP contribution is -2.21. The number of esters is 1. The Morgan fingerprint density at radius 1 is 1.25 bits per heavy atom. The van der Waals surface area contributed by atoms with Crippen LogP contribution in [0, 0.1) is 5.92 Å². The summed E-state index contributed by atoms with van der Waals surface area (Å²) in [7, 11) is -4.08. The molecule has 1 aromatic carbocycles. The first-order chi connectivity index (χ1) is 9.04. The van der Waals surface area contributed by atoms with Gasteiger partial charge in [-0.1, -0.05) is 37.0 Å². The van der Waals surface area contributed by atoms with Crippen LogP contribution in [0.4, 0.5) is 0 Å². The molecule has 1 unspecified atom stereocenters. The Hall–Kier alpha value is -0.820. The molecule has 0 saturated heterocycles. The Morgan fingerprint density at radius 3 is 2.25 bits per heavy atom. The minimum atomic E-state index is -4.08. The van der Waals surface area contributed by atoms with Gasteiger partial charge in [0.25, 0.3) is 0 Å². The molecule has 0 aromatic heterocycles. The zero-order valence-electron chi connectivity index (χ0n) is 11.2. The number of carbonyl (C=O) groups is 1. The normalized spacial score (nSPS) is 13.3. The molecule has 8 heteroatoms. The van der Waals surface area contributed by atoms with Gasteiger partial charge in [-0.2, -0.15) is 0 Å². The third-order valence-electron chi connectivity index (χ3n) is 2.77. The van der Waals surface area contributed by atoms with Crippen LogP contribution in [0.3, 0.4) is 0 Å². The molecular formula is C12H15Cl2NO4S. The van der Waals surface area contributed by atoms with E-state index in [-0.39, 0.29) is 27.6 Å². The highest BCUT2D eigenvalue weighted by molar-refractivity contribution is 7.89. The summed E-state index contributed by atoms with van der Waals surface area (Å²) in [4.78, 5) is 11.5. The van der Waals surface area contributed by atoms with Crippen molar-refractivity contribution in [3.8, 4) is 0 Å². The number of benzene rings is 1. The lowest BCUT2D eigenvalue weighted by atomic mass is 10.1. The van der Waals surface area contributed by atoms with Gasteiger partial charge in [-0.3, -0.25) is 0 Å². The highest BCUT2D eigenvalue weighted by atomic mass is 35.5. The zero-order chi connectivity index (χ0) is 15.7. The molecule has 0 spiro atoms. The van der Waals surface area contributed by atoms with Gasteiger partial charge >= 0.3 is 5.97 Å². The van der Waals surface area contributed by atoms with Gasteiger partial charge in [-0.05, 0) is 25.0 Å². The van der Waals surface area contributed by atoms with Gasteiger partial charge in [0, 0.05) is 0 Å². The first-order valence-electron chi connectivity index (χ1n) is 5.77. The van der Waals surface area contributed by atoms with Gasteiger partial charge < -0.3 is 4.74 Å². The second kappa shape index (κ2) is 6.30. The summed E-state index contributed by atoms with van der Waals surface area (Å²) in [5.74, 6) is -0.561. The number of hydrogen-bond donors (Lipinski definition) is 1. The topological polar surface area (TPSA) is 86.5 Å². The average molecular weight is 340 g/mol. The molecule has 0 fully saturated rings. The Bertz CT molecular complexity index is 629. The van der Waals surface area contributed by atoms with Crippen molar-refractivity contribution in [2.75, 3.05) is 0 Å². The van der Waals surface area contributed by atoms with Crippen LogP contribution in [0.2, 0.25) is 10.0 Å². The number of ether oxygens (including phenoxy) is 1. The van der Waals surface area contributed by atoms with Crippen LogP contribution in [0.25, 0.3) is 0 Å². The fraction of sp³-hybridized carbons (Fsp3) is 0.417. The number of rotatable bonds is 4. The Kier molecular flexibility index (Phi) is 5.43. The van der Waals surface area contributed by atoms with Crippen molar-refractivity contribution < 1.29 is 17.9 Å². The highest BCUT2D eigenvalue weighted by Crippen LogP contribution is 2.30. The minimum Gasteiger partial charge on any atom is -0.459 e. The highest BCUT2D eigenvalue weighted by Gasteiger charge is 2.22. The molecule has 1 aromatic rings. The molecule has 2 N–H and O–H groups in total. The summed E-state index contributed by atoms with van der Waals surface area (Å²) in [6, 6.07) is 2.30. The average Bonchev–Trinajstić information content (AvgIpc) is 2.30. The Balaban J connectivity index is 3.21. The summed E-state index contributed by atoms with van der Waals surface area (Å²) < 4.78 is 28.0. The van der Waals surface area contributed by atoms with Crippen molar-refractivity contribution in [2.24, 2.45) is 11.1 Å². The van der Waals surface area contributed by atoms with Gasteiger partial charge in [-0.25, -0.2) is 18.4 Å². The van der Waals surface area contributed by atoms with Crippen LogP contribution in [-0.2, 0) is 14.8 Å². The predicted molar refractivity (Wildman–Crippen MR) is 77.6 cm³/mol. The van der Waals surface area contributed by atoms with Crippen LogP contribution < -0.4 is 5.14 Å². The zero-order valence-corrected chi connectivity index (χ0v) is 13.5. The third-order valence-corrected chi connectivity index (χ3v) is 4.62. The fourth-order valence-electron chi connectivity index (χ4n) is 1.26. The van der Waals surface area contributed by atoms with Crippen LogP contribution in [0.15, 0.2) is 17.0 Å². The number of primary sulfonamides is 1. The third kappa shape index (κ3) is 4.09. The number of carbonyl (C=O) groups excluding carboxylic acids is 1. The largest absolute Gasteiger partial charge is 0.459 e. The van der Waals surface area contributed by atoms with Crippen molar-refractivity contribution in [1.29, 1.82) is 0 Å². The SMILES string of the molecule is CC(C)C(C)OC(=O)c1cc(Cl)c(Cl)c(S(N)(=O)=O)c1. The summed E-state index contributed by atoms with van der Waals surface area (Å²) in [5, 5.41) is 4.72. The number of halogens is 2. The van der Waals surface area contributed by atoms with Crippen molar-refractivity contribution in [1.82, 2.24) is 0 Å². The van der Waals surface area contributed by atoms with E-state index in [1.807, 2.05) is 13.8 Å². The van der Waals surface area contributed by atoms with Gasteiger partial charge in [-0.15, -0.1) is 0 Å². The fourth-order valence-corrected chi connectivity index (χ4v) is 2.62. The molecule has 0 radical (unpaired) electrons. The molecule has 0 bridgehead atoms. The van der Waals surface area contributed by atoms with E-state index in [1.165, 1.54) is 6.07 Å². The van der Waals surface area contributed by atoms with Gasteiger partial charge in [0.15, 0.2) is 0 Å². The molecule has 0 aliphatic rings. The second-order valence-corrected chi connectivity index (χ2v) is 6.98. The van der Waals surface area contributed by atoms with Gasteiger partial charge in [0.1, 0.15) is 11.0 Å². The number of hydrogen-bond acceptors (Lipinski definition) is 4. The van der Waals surface area contributed by atoms with Gasteiger partial charge in [0.2, 0.25) is 10.0 Å². The van der Waals surface area contributed by atoms with E-state index in [2.05, 4.69) is 0 Å². The quantitative estimate of drug-likeness (QED) is 0.854. The standard InChI is InChI=1S/C12H15Cl2NO4S/c1-6(2)7(3)19-12(16)8-4-9(13)11(14)10(5-8)20(15,17)18/h4-7H,1-3H3,(H2,15,17,18). The summed E-state index contributed by atoms with van der Waals surface area (Å²) in [5.41, 5.74) is -0.0177. The summed E-state index contributed by atoms with van der Waals surface area (Å²) in [6.07, 6.45) is -0.324. The number of sulfonamides is 1. The van der Waals surface area contributed by atoms with E-state index < -0.39 is 20.9 Å². The maximum absolute atomic E-state index is 11.9. The monoisotopic (exact) mass is 339 g/mol. The van der Waals surface area contributed by atoms with Crippen LogP contribution in [-0.4, -0.2) is 20.5 Å². The molecule has 1 atom stereocenters. The maximum Gasteiger partial charge on any atom is 0.338 e. The van der Waals surface area contributed by atoms with Crippen LogP contribution in [0.1, 0.15) is 31.1 Å². The first kappa shape index (κ1) is 17.2. The van der Waals surface area contributed by atoms with Crippen LogP contribution in [0.5, 0.6) is 0 Å². The van der Waals surface area contributed by atoms with Crippen molar-refractivity contribution in [2.45, 2.75) is 31.8 Å². The van der Waals surface area contributed by atoms with E-state index in [9.17, 15) is 13.2 Å². The molecule has 0 aliphatic carbocycles. The van der Waals surface area contributed by atoms with Crippen LogP contribution >= 0.6 is 23.2 Å². The Morgan fingerprint density at radius 2 is 1.80 bits per heavy atom. The predicted octanol–water partition coefficient (Wildman–Crippen LogP) is 2.84. The molecule has 0 aliphatic heterocycles. The smallest absolute Gasteiger partial charge is 0.338 e. The summed E-state index contributed by atoms with van der Waals surface area (Å²) in [6.45, 7) is 5.52. The van der Waals surface area contributed by atoms with E-state index in [0.717, 1.165) is 6.07 Å². The lowest BCUT2D eigenvalue weighted by Gasteiger charge is -2.17. The molecule has 1 rings (SSSR count). The molecule has 20 heavy (non-hydrogen) atoms. The first-order valence-corrected chi connectivity index (χ1v) is 8.07. The molecule has 112 valence electrons. The molecule has 0 amide bonds. The van der Waals surface area contributed by atoms with E-state index in [4.69, 9.17) is 33.1 Å². The van der Waals surface area contributed by atoms with E-state index in [0.29, 0.717) is 0 Å². The van der Waals surface area contributed by atoms with Gasteiger partial charge in [0.05, 0.1) is 15.6 Å². The number of nitrogens with two attached hydrogens (primary N) is 1. The van der Waals surface area contributed by atoms with Crippen molar-refractivity contribution in [3.05, 3.63) is 27.7 Å².